The molecule has 0 N–H and O–H groups in total. The third kappa shape index (κ3) is 4.74. The molecular formula is C39H37OP2+. The average Bonchev–Trinajstić information content (AvgIpc) is 3.08. The number of aryl methyl sites for hydroxylation is 2. The van der Waals surface area contributed by atoms with E-state index >= 15 is 4.57 Å². The number of benzene rings is 5. The Labute approximate surface area is 251 Å². The summed E-state index contributed by atoms with van der Waals surface area (Å²) < 4.78 is 16.0. The van der Waals surface area contributed by atoms with Gasteiger partial charge >= 0.3 is 0 Å². The summed E-state index contributed by atoms with van der Waals surface area (Å²) in [6.45, 7) is 0. The van der Waals surface area contributed by atoms with E-state index in [1.807, 2.05) is 36.4 Å². The molecule has 1 unspecified atom stereocenters. The number of rotatable bonds is 6. The fourth-order valence-corrected chi connectivity index (χ4v) is 11.6. The minimum Gasteiger partial charge on any atom is -0.309 e. The molecular weight excluding hydrogens is 546 g/mol. The molecule has 0 fully saturated rings. The van der Waals surface area contributed by atoms with Crippen LogP contribution in [0.1, 0.15) is 47.9 Å². The molecule has 0 saturated heterocycles. The molecule has 2 aliphatic carbocycles. The first-order chi connectivity index (χ1) is 20.7. The highest BCUT2D eigenvalue weighted by atomic mass is 31.2. The van der Waals surface area contributed by atoms with Gasteiger partial charge in [-0.1, -0.05) is 91.0 Å². The van der Waals surface area contributed by atoms with Crippen LogP contribution in [0.15, 0.2) is 115 Å². The third-order valence-corrected chi connectivity index (χ3v) is 14.2. The minimum atomic E-state index is -3.20. The zero-order valence-electron chi connectivity index (χ0n) is 24.1. The van der Waals surface area contributed by atoms with E-state index in [1.165, 1.54) is 69.7 Å². The van der Waals surface area contributed by atoms with Crippen molar-refractivity contribution in [1.82, 2.24) is 0 Å². The van der Waals surface area contributed by atoms with Crippen LogP contribution in [0.2, 0.25) is 0 Å². The van der Waals surface area contributed by atoms with Crippen LogP contribution in [0.4, 0.5) is 0 Å². The second-order valence-corrected chi connectivity index (χ2v) is 16.2. The fraction of sp³-hybridized carbons (Fsp3) is 0.205. The second kappa shape index (κ2) is 11.6. The van der Waals surface area contributed by atoms with Crippen molar-refractivity contribution in [3.63, 3.8) is 0 Å². The monoisotopic (exact) mass is 583 g/mol. The molecule has 5 aromatic rings. The van der Waals surface area contributed by atoms with E-state index in [9.17, 15) is 0 Å². The highest BCUT2D eigenvalue weighted by Crippen LogP contribution is 2.49. The number of fused-ring (bicyclic) bond motifs is 2. The van der Waals surface area contributed by atoms with Gasteiger partial charge in [0.25, 0.3) is 0 Å². The smallest absolute Gasteiger partial charge is 0.171 e. The molecule has 208 valence electrons. The molecule has 0 amide bonds. The Hall–Kier alpha value is -3.50. The summed E-state index contributed by atoms with van der Waals surface area (Å²) in [4.78, 5) is 0. The van der Waals surface area contributed by atoms with Crippen molar-refractivity contribution in [3.8, 4) is 11.1 Å². The molecule has 0 radical (unpaired) electrons. The van der Waals surface area contributed by atoms with Gasteiger partial charge in [-0.05, 0) is 97.9 Å². The second-order valence-electron chi connectivity index (χ2n) is 11.7. The highest BCUT2D eigenvalue weighted by Gasteiger charge is 2.37. The van der Waals surface area contributed by atoms with Crippen LogP contribution in [-0.4, -0.2) is 6.30 Å². The first-order valence-corrected chi connectivity index (χ1v) is 18.6. The van der Waals surface area contributed by atoms with Gasteiger partial charge in [-0.3, -0.25) is 0 Å². The van der Waals surface area contributed by atoms with Crippen molar-refractivity contribution < 1.29 is 4.57 Å². The molecule has 0 aliphatic heterocycles. The van der Waals surface area contributed by atoms with Crippen LogP contribution in [0.3, 0.4) is 0 Å². The van der Waals surface area contributed by atoms with Gasteiger partial charge in [-0.25, -0.2) is 0 Å². The van der Waals surface area contributed by atoms with E-state index in [0.717, 1.165) is 41.6 Å². The molecule has 5 aromatic carbocycles. The van der Waals surface area contributed by atoms with Gasteiger partial charge in [0.05, 0.1) is 6.30 Å². The molecule has 1 atom stereocenters. The van der Waals surface area contributed by atoms with Gasteiger partial charge in [0.15, 0.2) is 25.3 Å². The van der Waals surface area contributed by atoms with E-state index in [0.29, 0.717) is 0 Å². The van der Waals surface area contributed by atoms with Crippen molar-refractivity contribution in [3.05, 3.63) is 138 Å². The Bertz CT molecular complexity index is 1760. The van der Waals surface area contributed by atoms with Gasteiger partial charge in [-0.15, -0.1) is 0 Å². The minimum absolute atomic E-state index is 0.840. The lowest BCUT2D eigenvalue weighted by Crippen LogP contribution is -2.29. The van der Waals surface area contributed by atoms with Crippen molar-refractivity contribution in [2.45, 2.75) is 51.4 Å². The zero-order valence-corrected chi connectivity index (χ0v) is 25.9. The van der Waals surface area contributed by atoms with E-state index < -0.39 is 14.7 Å². The molecule has 1 nitrogen and oxygen atoms in total. The maximum atomic E-state index is 16.0. The maximum Gasteiger partial charge on any atom is 0.171 e. The molecule has 0 saturated carbocycles. The first kappa shape index (κ1) is 27.3. The van der Waals surface area contributed by atoms with Gasteiger partial charge < -0.3 is 4.57 Å². The lowest BCUT2D eigenvalue weighted by atomic mass is 9.81. The van der Waals surface area contributed by atoms with Gasteiger partial charge in [-0.2, -0.15) is 0 Å². The van der Waals surface area contributed by atoms with Crippen LogP contribution in [0, 0.1) is 0 Å². The van der Waals surface area contributed by atoms with E-state index in [2.05, 4.69) is 78.9 Å². The lowest BCUT2D eigenvalue weighted by Gasteiger charge is -2.30. The normalized spacial score (nSPS) is 15.0. The first-order valence-electron chi connectivity index (χ1n) is 15.3. The lowest BCUT2D eigenvalue weighted by molar-refractivity contribution is 0.592. The Kier molecular flexibility index (Phi) is 7.58. The molecule has 42 heavy (non-hydrogen) atoms. The van der Waals surface area contributed by atoms with Crippen molar-refractivity contribution in [1.29, 1.82) is 0 Å². The van der Waals surface area contributed by atoms with Crippen LogP contribution in [0.5, 0.6) is 0 Å². The SMILES string of the molecule is C=[P+](c1ccccc1)c1ccc2c(c1-c1c(P(=O)(c3ccccc3)c3ccccc3)ccc3c1CCCC3)CCCC2. The van der Waals surface area contributed by atoms with Crippen LogP contribution < -0.4 is 26.5 Å². The zero-order chi connectivity index (χ0) is 28.5. The fourth-order valence-electron chi connectivity index (χ4n) is 7.13. The number of hydrogen-bond donors (Lipinski definition) is 0. The summed E-state index contributed by atoms with van der Waals surface area (Å²) >= 11 is 0. The van der Waals surface area contributed by atoms with E-state index in [4.69, 9.17) is 6.30 Å². The van der Waals surface area contributed by atoms with Gasteiger partial charge in [0, 0.05) is 27.0 Å². The predicted molar refractivity (Wildman–Crippen MR) is 184 cm³/mol. The Morgan fingerprint density at radius 3 is 1.57 bits per heavy atom. The Morgan fingerprint density at radius 1 is 0.524 bits per heavy atom. The van der Waals surface area contributed by atoms with E-state index in [1.54, 1.807) is 0 Å². The third-order valence-electron chi connectivity index (χ3n) is 9.21. The Balaban J connectivity index is 1.60. The highest BCUT2D eigenvalue weighted by molar-refractivity contribution is 7.85. The molecule has 0 spiro atoms. The topological polar surface area (TPSA) is 17.1 Å². The summed E-state index contributed by atoms with van der Waals surface area (Å²) in [5, 5.41) is 5.41. The Morgan fingerprint density at radius 2 is 1.00 bits per heavy atom. The average molecular weight is 584 g/mol. The molecule has 0 heterocycles. The summed E-state index contributed by atoms with van der Waals surface area (Å²) in [7, 11) is -4.04. The predicted octanol–water partition coefficient (Wildman–Crippen LogP) is 7.62. The van der Waals surface area contributed by atoms with Crippen LogP contribution in [0.25, 0.3) is 11.1 Å². The standard InChI is InChI=1S/C39H37OP2/c1-41(31-17-5-2-6-18-31)36-27-25-29-15-11-13-23-34(29)38(36)39-35-24-14-12-16-30(35)26-28-37(39)42(40,32-19-7-3-8-20-32)33-21-9-4-10-22-33/h2-10,17-22,25-28H,1,11-16,23-24H2/q+1. The number of hydrogen-bond acceptors (Lipinski definition) is 1. The molecule has 3 heteroatoms. The molecule has 0 aromatic heterocycles. The van der Waals surface area contributed by atoms with Crippen molar-refractivity contribution >= 4 is 47.5 Å². The van der Waals surface area contributed by atoms with E-state index in [-0.39, 0.29) is 0 Å². The quantitative estimate of drug-likeness (QED) is 0.188. The molecule has 7 rings (SSSR count). The largest absolute Gasteiger partial charge is 0.309 e. The molecule has 2 aliphatic rings. The summed E-state index contributed by atoms with van der Waals surface area (Å²) in [6, 6.07) is 40.5. The summed E-state index contributed by atoms with van der Waals surface area (Å²) in [5.74, 6) is 0. The van der Waals surface area contributed by atoms with Gasteiger partial charge in [0.2, 0.25) is 0 Å². The molecule has 0 bridgehead atoms. The summed E-state index contributed by atoms with van der Waals surface area (Å²) in [5.41, 5.74) is 8.38. The summed E-state index contributed by atoms with van der Waals surface area (Å²) in [6.07, 6.45) is 14.0. The van der Waals surface area contributed by atoms with Crippen molar-refractivity contribution in [2.75, 3.05) is 0 Å². The van der Waals surface area contributed by atoms with Crippen LogP contribution >= 0.6 is 14.7 Å². The van der Waals surface area contributed by atoms with Crippen LogP contribution in [-0.2, 0) is 30.2 Å². The van der Waals surface area contributed by atoms with Gasteiger partial charge in [0.1, 0.15) is 0 Å². The van der Waals surface area contributed by atoms with Crippen molar-refractivity contribution in [2.24, 2.45) is 0 Å². The maximum absolute atomic E-state index is 16.0.